The lowest BCUT2D eigenvalue weighted by atomic mass is 9.94. The van der Waals surface area contributed by atoms with E-state index in [4.69, 9.17) is 16.2 Å². The van der Waals surface area contributed by atoms with E-state index >= 15 is 0 Å². The molecule has 1 fully saturated rings. The Bertz CT molecular complexity index is 464. The predicted molar refractivity (Wildman–Crippen MR) is 78.3 cm³/mol. The summed E-state index contributed by atoms with van der Waals surface area (Å²) in [4.78, 5) is 13.6. The second-order valence-electron chi connectivity index (χ2n) is 5.26. The molecule has 0 spiro atoms. The molecule has 1 aromatic carbocycles. The van der Waals surface area contributed by atoms with Gasteiger partial charge in [0.25, 0.3) is 0 Å². The standard InChI is InChI=1S/C15H23N3O2/c1-20-13-6-2-4-11(8-13)14(9-16)18-7-3-5-12(10-18)15(17)19/h2,4,6,8,12,14H,3,5,7,9-10,16H2,1H3,(H2,17,19). The maximum atomic E-state index is 11.4. The maximum absolute atomic E-state index is 11.4. The summed E-state index contributed by atoms with van der Waals surface area (Å²) >= 11 is 0. The fourth-order valence-electron chi connectivity index (χ4n) is 2.87. The van der Waals surface area contributed by atoms with Crippen molar-refractivity contribution in [3.8, 4) is 5.75 Å². The van der Waals surface area contributed by atoms with Crippen molar-refractivity contribution < 1.29 is 9.53 Å². The summed E-state index contributed by atoms with van der Waals surface area (Å²) in [5.41, 5.74) is 12.5. The topological polar surface area (TPSA) is 81.6 Å². The van der Waals surface area contributed by atoms with Crippen LogP contribution >= 0.6 is 0 Å². The van der Waals surface area contributed by atoms with E-state index in [1.165, 1.54) is 0 Å². The molecule has 0 saturated carbocycles. The SMILES string of the molecule is COc1cccc(C(CN)N2CCCC(C(N)=O)C2)c1. The van der Waals surface area contributed by atoms with Crippen molar-refractivity contribution in [2.24, 2.45) is 17.4 Å². The second-order valence-corrected chi connectivity index (χ2v) is 5.26. The van der Waals surface area contributed by atoms with E-state index in [9.17, 15) is 4.79 Å². The van der Waals surface area contributed by atoms with Gasteiger partial charge in [-0.2, -0.15) is 0 Å². The zero-order valence-corrected chi connectivity index (χ0v) is 11.9. The Morgan fingerprint density at radius 2 is 2.35 bits per heavy atom. The van der Waals surface area contributed by atoms with Gasteiger partial charge in [-0.05, 0) is 37.1 Å². The average molecular weight is 277 g/mol. The first-order chi connectivity index (χ1) is 9.65. The first-order valence-corrected chi connectivity index (χ1v) is 7.03. The van der Waals surface area contributed by atoms with E-state index in [1.54, 1.807) is 7.11 Å². The van der Waals surface area contributed by atoms with Crippen molar-refractivity contribution in [1.82, 2.24) is 4.90 Å². The molecule has 20 heavy (non-hydrogen) atoms. The zero-order chi connectivity index (χ0) is 14.5. The minimum atomic E-state index is -0.212. The molecule has 1 aromatic rings. The number of rotatable bonds is 5. The van der Waals surface area contributed by atoms with Gasteiger partial charge in [0.05, 0.1) is 13.0 Å². The van der Waals surface area contributed by atoms with Gasteiger partial charge in [-0.25, -0.2) is 0 Å². The molecule has 5 nitrogen and oxygen atoms in total. The van der Waals surface area contributed by atoms with Crippen molar-refractivity contribution in [2.75, 3.05) is 26.7 Å². The molecule has 0 bridgehead atoms. The third-order valence-corrected chi connectivity index (χ3v) is 4.00. The van der Waals surface area contributed by atoms with Gasteiger partial charge in [-0.15, -0.1) is 0 Å². The van der Waals surface area contributed by atoms with Crippen LogP contribution in [0.2, 0.25) is 0 Å². The summed E-state index contributed by atoms with van der Waals surface area (Å²) in [5, 5.41) is 0. The van der Waals surface area contributed by atoms with Crippen LogP contribution in [0.4, 0.5) is 0 Å². The highest BCUT2D eigenvalue weighted by molar-refractivity contribution is 5.76. The average Bonchev–Trinajstić information content (AvgIpc) is 2.48. The van der Waals surface area contributed by atoms with Crippen LogP contribution in [-0.4, -0.2) is 37.6 Å². The minimum Gasteiger partial charge on any atom is -0.497 e. The van der Waals surface area contributed by atoms with E-state index < -0.39 is 0 Å². The smallest absolute Gasteiger partial charge is 0.221 e. The Morgan fingerprint density at radius 1 is 1.55 bits per heavy atom. The van der Waals surface area contributed by atoms with Gasteiger partial charge in [0, 0.05) is 19.1 Å². The molecule has 4 N–H and O–H groups in total. The molecule has 5 heteroatoms. The number of likely N-dealkylation sites (tertiary alicyclic amines) is 1. The summed E-state index contributed by atoms with van der Waals surface area (Å²) in [7, 11) is 1.65. The molecule has 0 radical (unpaired) electrons. The number of nitrogens with zero attached hydrogens (tertiary/aromatic N) is 1. The number of ether oxygens (including phenoxy) is 1. The van der Waals surface area contributed by atoms with Crippen molar-refractivity contribution in [3.05, 3.63) is 29.8 Å². The zero-order valence-electron chi connectivity index (χ0n) is 11.9. The number of nitrogens with two attached hydrogens (primary N) is 2. The molecule has 0 aliphatic carbocycles. The molecule has 1 saturated heterocycles. The Balaban J connectivity index is 2.16. The predicted octanol–water partition coefficient (Wildman–Crippen LogP) is 0.892. The van der Waals surface area contributed by atoms with Crippen LogP contribution in [0.25, 0.3) is 0 Å². The fourth-order valence-corrected chi connectivity index (χ4v) is 2.87. The number of piperidine rings is 1. The monoisotopic (exact) mass is 277 g/mol. The molecule has 1 aliphatic heterocycles. The first kappa shape index (κ1) is 14.8. The summed E-state index contributed by atoms with van der Waals surface area (Å²) in [5.74, 6) is 0.545. The lowest BCUT2D eigenvalue weighted by Crippen LogP contribution is -2.44. The molecule has 1 amide bonds. The molecular formula is C15H23N3O2. The Morgan fingerprint density at radius 3 is 3.00 bits per heavy atom. The highest BCUT2D eigenvalue weighted by Gasteiger charge is 2.28. The molecule has 1 heterocycles. The number of amides is 1. The van der Waals surface area contributed by atoms with Gasteiger partial charge in [-0.1, -0.05) is 12.1 Å². The van der Waals surface area contributed by atoms with Crippen LogP contribution in [0.1, 0.15) is 24.4 Å². The largest absolute Gasteiger partial charge is 0.497 e. The van der Waals surface area contributed by atoms with E-state index in [0.29, 0.717) is 13.1 Å². The second kappa shape index (κ2) is 6.72. The molecule has 0 aromatic heterocycles. The first-order valence-electron chi connectivity index (χ1n) is 7.03. The van der Waals surface area contributed by atoms with Gasteiger partial charge >= 0.3 is 0 Å². The number of carbonyl (C=O) groups is 1. The summed E-state index contributed by atoms with van der Waals surface area (Å²) in [6.07, 6.45) is 1.86. The number of primary amides is 1. The van der Waals surface area contributed by atoms with E-state index in [-0.39, 0.29) is 17.9 Å². The molecule has 110 valence electrons. The van der Waals surface area contributed by atoms with Gasteiger partial charge in [0.2, 0.25) is 5.91 Å². The van der Waals surface area contributed by atoms with Gasteiger partial charge in [-0.3, -0.25) is 9.69 Å². The quantitative estimate of drug-likeness (QED) is 0.837. The van der Waals surface area contributed by atoms with Gasteiger partial charge in [0.1, 0.15) is 5.75 Å². The minimum absolute atomic E-state index is 0.0663. The van der Waals surface area contributed by atoms with Crippen molar-refractivity contribution in [1.29, 1.82) is 0 Å². The molecule has 2 unspecified atom stereocenters. The summed E-state index contributed by atoms with van der Waals surface area (Å²) in [6.45, 7) is 2.15. The van der Waals surface area contributed by atoms with Crippen LogP contribution in [0, 0.1) is 5.92 Å². The van der Waals surface area contributed by atoms with E-state index in [1.807, 2.05) is 24.3 Å². The summed E-state index contributed by atoms with van der Waals surface area (Å²) in [6, 6.07) is 8.04. The van der Waals surface area contributed by atoms with Crippen LogP contribution in [-0.2, 0) is 4.79 Å². The number of hydrogen-bond acceptors (Lipinski definition) is 4. The van der Waals surface area contributed by atoms with Crippen LogP contribution in [0.3, 0.4) is 0 Å². The highest BCUT2D eigenvalue weighted by atomic mass is 16.5. The normalized spacial score (nSPS) is 21.4. The number of carbonyl (C=O) groups excluding carboxylic acids is 1. The van der Waals surface area contributed by atoms with Crippen LogP contribution in [0.15, 0.2) is 24.3 Å². The third-order valence-electron chi connectivity index (χ3n) is 4.00. The summed E-state index contributed by atoms with van der Waals surface area (Å²) < 4.78 is 5.26. The van der Waals surface area contributed by atoms with Crippen LogP contribution < -0.4 is 16.2 Å². The van der Waals surface area contributed by atoms with Crippen LogP contribution in [0.5, 0.6) is 5.75 Å². The van der Waals surface area contributed by atoms with Gasteiger partial charge < -0.3 is 16.2 Å². The Hall–Kier alpha value is -1.59. The lowest BCUT2D eigenvalue weighted by Gasteiger charge is -2.37. The maximum Gasteiger partial charge on any atom is 0.221 e. The number of benzene rings is 1. The van der Waals surface area contributed by atoms with E-state index in [0.717, 1.165) is 30.7 Å². The van der Waals surface area contributed by atoms with Gasteiger partial charge in [0.15, 0.2) is 0 Å². The fraction of sp³-hybridized carbons (Fsp3) is 0.533. The number of hydrogen-bond donors (Lipinski definition) is 2. The van der Waals surface area contributed by atoms with Crippen molar-refractivity contribution in [2.45, 2.75) is 18.9 Å². The number of methoxy groups -OCH3 is 1. The molecule has 2 rings (SSSR count). The lowest BCUT2D eigenvalue weighted by molar-refractivity contribution is -0.123. The Kier molecular flexibility index (Phi) is 4.98. The molecule has 1 aliphatic rings. The third kappa shape index (κ3) is 3.29. The molecular weight excluding hydrogens is 254 g/mol. The van der Waals surface area contributed by atoms with E-state index in [2.05, 4.69) is 4.90 Å². The van der Waals surface area contributed by atoms with Crippen molar-refractivity contribution >= 4 is 5.91 Å². The highest BCUT2D eigenvalue weighted by Crippen LogP contribution is 2.28. The van der Waals surface area contributed by atoms with Crippen molar-refractivity contribution in [3.63, 3.8) is 0 Å². The Labute approximate surface area is 119 Å². The molecule has 2 atom stereocenters.